The van der Waals surface area contributed by atoms with Crippen LogP contribution in [-0.4, -0.2) is 65.7 Å². The maximum absolute atomic E-state index is 13.1. The van der Waals surface area contributed by atoms with Crippen molar-refractivity contribution in [2.75, 3.05) is 50.7 Å². The summed E-state index contributed by atoms with van der Waals surface area (Å²) < 4.78 is 32.6. The average molecular weight is 452 g/mol. The first kappa shape index (κ1) is 22.6. The van der Waals surface area contributed by atoms with Crippen molar-refractivity contribution in [3.05, 3.63) is 59.1 Å². The van der Waals surface area contributed by atoms with E-state index < -0.39 is 10.0 Å². The monoisotopic (exact) mass is 451 g/mol. The lowest BCUT2D eigenvalue weighted by molar-refractivity contribution is 0.0374. The fourth-order valence-corrected chi connectivity index (χ4v) is 4.89. The van der Waals surface area contributed by atoms with Gasteiger partial charge in [0.15, 0.2) is 0 Å². The number of nitrogens with one attached hydrogen (secondary N) is 1. The highest BCUT2D eigenvalue weighted by Gasteiger charge is 2.25. The van der Waals surface area contributed by atoms with E-state index >= 15 is 0 Å². The number of sulfonamides is 1. The van der Waals surface area contributed by atoms with Gasteiger partial charge in [-0.3, -0.25) is 14.0 Å². The first-order chi connectivity index (χ1) is 14.4. The largest absolute Gasteiger partial charge is 0.379 e. The molecule has 7 nitrogen and oxygen atoms in total. The van der Waals surface area contributed by atoms with E-state index in [4.69, 9.17) is 16.3 Å². The van der Waals surface area contributed by atoms with E-state index in [1.165, 1.54) is 25.2 Å². The second-order valence-electron chi connectivity index (χ2n) is 7.02. The fraction of sp³-hybridized carbons (Fsp3) is 0.381. The molecule has 1 aliphatic rings. The molecule has 1 fully saturated rings. The number of rotatable bonds is 8. The highest BCUT2D eigenvalue weighted by molar-refractivity contribution is 7.93. The molecule has 2 aromatic rings. The van der Waals surface area contributed by atoms with Gasteiger partial charge in [0.1, 0.15) is 4.90 Å². The zero-order valence-corrected chi connectivity index (χ0v) is 18.5. The molecule has 3 rings (SSSR count). The smallest absolute Gasteiger partial charge is 0.265 e. The van der Waals surface area contributed by atoms with E-state index in [0.29, 0.717) is 12.2 Å². The summed E-state index contributed by atoms with van der Waals surface area (Å²) >= 11 is 6.18. The Morgan fingerprint density at radius 1 is 1.17 bits per heavy atom. The highest BCUT2D eigenvalue weighted by atomic mass is 35.5. The van der Waals surface area contributed by atoms with Crippen LogP contribution in [0.2, 0.25) is 5.02 Å². The number of carbonyl (C=O) groups excluding carboxylic acids is 1. The van der Waals surface area contributed by atoms with Gasteiger partial charge >= 0.3 is 0 Å². The van der Waals surface area contributed by atoms with E-state index in [0.717, 1.165) is 43.6 Å². The van der Waals surface area contributed by atoms with Crippen molar-refractivity contribution in [1.29, 1.82) is 0 Å². The molecule has 1 saturated heterocycles. The number of amides is 1. The number of hydrogen-bond acceptors (Lipinski definition) is 5. The molecule has 0 aliphatic carbocycles. The average Bonchev–Trinajstić information content (AvgIpc) is 2.77. The lowest BCUT2D eigenvalue weighted by atomic mass is 10.2. The van der Waals surface area contributed by atoms with Gasteiger partial charge < -0.3 is 10.1 Å². The molecule has 0 saturated carbocycles. The van der Waals surface area contributed by atoms with Crippen LogP contribution >= 0.6 is 11.6 Å². The Morgan fingerprint density at radius 3 is 2.57 bits per heavy atom. The lowest BCUT2D eigenvalue weighted by Crippen LogP contribution is -2.38. The van der Waals surface area contributed by atoms with Gasteiger partial charge in [0.25, 0.3) is 15.9 Å². The Hall–Kier alpha value is -2.13. The van der Waals surface area contributed by atoms with E-state index in [9.17, 15) is 13.2 Å². The molecule has 0 bridgehead atoms. The van der Waals surface area contributed by atoms with Crippen molar-refractivity contribution in [2.24, 2.45) is 0 Å². The Bertz CT molecular complexity index is 963. The molecule has 0 atom stereocenters. The number of morpholine rings is 1. The van der Waals surface area contributed by atoms with Crippen LogP contribution in [0.5, 0.6) is 0 Å². The maximum Gasteiger partial charge on any atom is 0.265 e. The number of halogens is 1. The Balaban J connectivity index is 1.66. The predicted molar refractivity (Wildman–Crippen MR) is 118 cm³/mol. The molecule has 1 amide bonds. The van der Waals surface area contributed by atoms with Crippen molar-refractivity contribution in [1.82, 2.24) is 10.2 Å². The van der Waals surface area contributed by atoms with Crippen molar-refractivity contribution in [2.45, 2.75) is 11.3 Å². The Morgan fingerprint density at radius 2 is 1.87 bits per heavy atom. The van der Waals surface area contributed by atoms with Crippen LogP contribution in [0.3, 0.4) is 0 Å². The molecule has 1 aliphatic heterocycles. The first-order valence-corrected chi connectivity index (χ1v) is 11.6. The molecule has 0 spiro atoms. The minimum atomic E-state index is -3.92. The summed E-state index contributed by atoms with van der Waals surface area (Å²) in [5.41, 5.74) is 0.761. The summed E-state index contributed by atoms with van der Waals surface area (Å²) in [5, 5.41) is 2.92. The standard InChI is InChI=1S/C21H26ClN3O4S/c1-24(18-6-3-2-4-7-18)30(27,28)20-16-17(8-9-19(20)22)21(26)23-10-5-11-25-12-14-29-15-13-25/h2-4,6-9,16H,5,10-15H2,1H3,(H,23,26). The number of para-hydroxylation sites is 1. The number of ether oxygens (including phenoxy) is 1. The van der Waals surface area contributed by atoms with Crippen LogP contribution < -0.4 is 9.62 Å². The second kappa shape index (κ2) is 10.3. The zero-order chi connectivity index (χ0) is 21.6. The van der Waals surface area contributed by atoms with E-state index in [1.807, 2.05) is 0 Å². The third-order valence-electron chi connectivity index (χ3n) is 4.99. The van der Waals surface area contributed by atoms with Crippen LogP contribution in [0.15, 0.2) is 53.4 Å². The molecule has 2 aromatic carbocycles. The summed E-state index contributed by atoms with van der Waals surface area (Å²) in [7, 11) is -2.46. The highest BCUT2D eigenvalue weighted by Crippen LogP contribution is 2.28. The molecular formula is C21H26ClN3O4S. The topological polar surface area (TPSA) is 79.0 Å². The van der Waals surface area contributed by atoms with Crippen molar-refractivity contribution >= 4 is 33.2 Å². The van der Waals surface area contributed by atoms with Crippen molar-refractivity contribution in [3.8, 4) is 0 Å². The number of anilines is 1. The van der Waals surface area contributed by atoms with Gasteiger partial charge in [-0.05, 0) is 43.3 Å². The van der Waals surface area contributed by atoms with Gasteiger partial charge in [0.05, 0.1) is 23.9 Å². The summed E-state index contributed by atoms with van der Waals surface area (Å²) in [6.45, 7) is 4.68. The van der Waals surface area contributed by atoms with Crippen LogP contribution in [0, 0.1) is 0 Å². The quantitative estimate of drug-likeness (QED) is 0.624. The Labute approximate surface area is 182 Å². The van der Waals surface area contributed by atoms with E-state index in [-0.39, 0.29) is 21.4 Å². The molecular weight excluding hydrogens is 426 g/mol. The third-order valence-corrected chi connectivity index (χ3v) is 7.26. The minimum Gasteiger partial charge on any atom is -0.379 e. The fourth-order valence-electron chi connectivity index (χ4n) is 3.20. The minimum absolute atomic E-state index is 0.0710. The van der Waals surface area contributed by atoms with Crippen LogP contribution in [0.4, 0.5) is 5.69 Å². The van der Waals surface area contributed by atoms with Gasteiger partial charge in [-0.2, -0.15) is 0 Å². The molecule has 1 N–H and O–H groups in total. The Kier molecular flexibility index (Phi) is 7.71. The number of carbonyl (C=O) groups is 1. The molecule has 9 heteroatoms. The second-order valence-corrected chi connectivity index (χ2v) is 9.36. The summed E-state index contributed by atoms with van der Waals surface area (Å²) in [6, 6.07) is 13.0. The van der Waals surface area contributed by atoms with Gasteiger partial charge in [0, 0.05) is 32.2 Å². The van der Waals surface area contributed by atoms with Crippen LogP contribution in [-0.2, 0) is 14.8 Å². The maximum atomic E-state index is 13.1. The van der Waals surface area contributed by atoms with Crippen molar-refractivity contribution < 1.29 is 17.9 Å². The summed E-state index contributed by atoms with van der Waals surface area (Å²) in [6.07, 6.45) is 0.807. The van der Waals surface area contributed by atoms with Gasteiger partial charge in [0.2, 0.25) is 0 Å². The molecule has 0 unspecified atom stereocenters. The van der Waals surface area contributed by atoms with Crippen molar-refractivity contribution in [3.63, 3.8) is 0 Å². The number of benzene rings is 2. The molecule has 1 heterocycles. The molecule has 0 aromatic heterocycles. The predicted octanol–water partition coefficient (Wildman–Crippen LogP) is 2.62. The third kappa shape index (κ3) is 5.51. The SMILES string of the molecule is CN(c1ccccc1)S(=O)(=O)c1cc(C(=O)NCCCN2CCOCC2)ccc1Cl. The van der Waals surface area contributed by atoms with Gasteiger partial charge in [-0.25, -0.2) is 8.42 Å². The number of nitrogens with zero attached hydrogens (tertiary/aromatic N) is 2. The summed E-state index contributed by atoms with van der Waals surface area (Å²) in [5.74, 6) is -0.326. The molecule has 0 radical (unpaired) electrons. The number of hydrogen-bond donors (Lipinski definition) is 1. The van der Waals surface area contributed by atoms with Gasteiger partial charge in [-0.1, -0.05) is 29.8 Å². The zero-order valence-electron chi connectivity index (χ0n) is 16.9. The van der Waals surface area contributed by atoms with Gasteiger partial charge in [-0.15, -0.1) is 0 Å². The van der Waals surface area contributed by atoms with Crippen LogP contribution in [0.25, 0.3) is 0 Å². The first-order valence-electron chi connectivity index (χ1n) is 9.81. The van der Waals surface area contributed by atoms with E-state index in [1.54, 1.807) is 30.3 Å². The van der Waals surface area contributed by atoms with E-state index in [2.05, 4.69) is 10.2 Å². The normalized spacial score (nSPS) is 15.0. The molecule has 162 valence electrons. The summed E-state index contributed by atoms with van der Waals surface area (Å²) in [4.78, 5) is 14.7. The lowest BCUT2D eigenvalue weighted by Gasteiger charge is -2.26. The molecule has 30 heavy (non-hydrogen) atoms. The van der Waals surface area contributed by atoms with Crippen LogP contribution in [0.1, 0.15) is 16.8 Å².